The molecular formula is C45H72FNO12. The van der Waals surface area contributed by atoms with Gasteiger partial charge in [0.05, 0.1) is 36.4 Å². The Kier molecular flexibility index (Phi) is 13.6. The molecule has 0 aromatic rings. The monoisotopic (exact) mass is 838 g/mol. The van der Waals surface area contributed by atoms with Gasteiger partial charge in [0.1, 0.15) is 17.8 Å². The van der Waals surface area contributed by atoms with E-state index in [2.05, 4.69) is 0 Å². The molecular weight excluding hydrogens is 765 g/mol. The summed E-state index contributed by atoms with van der Waals surface area (Å²) < 4.78 is 29.2. The summed E-state index contributed by atoms with van der Waals surface area (Å²) in [5.74, 6) is -6.00. The fraction of sp³-hybridized carbons (Fsp3) is 0.844. The Morgan fingerprint density at radius 1 is 0.966 bits per heavy atom. The second kappa shape index (κ2) is 16.8. The van der Waals surface area contributed by atoms with Crippen molar-refractivity contribution in [2.45, 2.75) is 173 Å². The standard InChI is InChI=1S/C45H72FNO12/c1-11-34-43(10,56)37(52)28(6)47(23-24(2)21-42(9,55)36(51)26(4)35(50)27(5)38(53)59-34)17-12-18-58-39(54)45(57)25(3)19-32-31-14-13-29-20-30(48)15-16-40(29,7)44(31,46)33(49)22-41(32,45)8/h15-16,20,24-28,31-37,49-52,55-57H,11-14,17-19,21-23H2,1-10H3/t24-,25-,26+,27-,28-,31?,32?,33+,34-,35+,36-,37-,40+,41+,42-,43-,44+,45+/m1/s1. The number of esters is 2. The van der Waals surface area contributed by atoms with Crippen molar-refractivity contribution in [3.05, 3.63) is 23.8 Å². The molecule has 0 radical (unpaired) electrons. The number of ketones is 1. The lowest BCUT2D eigenvalue weighted by Gasteiger charge is -2.62. The summed E-state index contributed by atoms with van der Waals surface area (Å²) >= 11 is 0. The first kappa shape index (κ1) is 47.7. The van der Waals surface area contributed by atoms with E-state index >= 15 is 4.39 Å². The number of allylic oxidation sites excluding steroid dienone is 4. The molecule has 0 bridgehead atoms. The first-order valence-electron chi connectivity index (χ1n) is 21.8. The van der Waals surface area contributed by atoms with Crippen molar-refractivity contribution in [1.82, 2.24) is 4.90 Å². The molecule has 3 saturated carbocycles. The predicted octanol–water partition coefficient (Wildman–Crippen LogP) is 3.18. The number of alkyl halides is 1. The number of carbonyl (C=O) groups excluding carboxylic acids is 3. The molecule has 13 nitrogen and oxygen atoms in total. The van der Waals surface area contributed by atoms with Crippen LogP contribution in [0.3, 0.4) is 0 Å². The van der Waals surface area contributed by atoms with Gasteiger partial charge in [-0.15, -0.1) is 0 Å². The third-order valence-corrected chi connectivity index (χ3v) is 16.1. The molecule has 0 amide bonds. The van der Waals surface area contributed by atoms with Crippen LogP contribution in [0.25, 0.3) is 0 Å². The molecule has 59 heavy (non-hydrogen) atoms. The minimum atomic E-state index is -2.11. The molecule has 5 aliphatic rings. The summed E-state index contributed by atoms with van der Waals surface area (Å²) in [5, 5.41) is 81.3. The van der Waals surface area contributed by atoms with Gasteiger partial charge in [-0.1, -0.05) is 46.3 Å². The summed E-state index contributed by atoms with van der Waals surface area (Å²) in [4.78, 5) is 41.5. The molecule has 1 saturated heterocycles. The number of nitrogens with zero attached hydrogens (tertiary/aromatic N) is 1. The molecule has 18 atom stereocenters. The maximum absolute atomic E-state index is 17.6. The van der Waals surface area contributed by atoms with Crippen LogP contribution in [0.2, 0.25) is 0 Å². The van der Waals surface area contributed by atoms with Gasteiger partial charge in [0.2, 0.25) is 0 Å². The Hall–Kier alpha value is -2.30. The van der Waals surface area contributed by atoms with Crippen molar-refractivity contribution >= 4 is 17.7 Å². The summed E-state index contributed by atoms with van der Waals surface area (Å²) in [7, 11) is 0. The van der Waals surface area contributed by atoms with E-state index in [4.69, 9.17) is 9.47 Å². The molecule has 2 unspecified atom stereocenters. The van der Waals surface area contributed by atoms with Gasteiger partial charge in [0, 0.05) is 41.8 Å². The van der Waals surface area contributed by atoms with Crippen molar-refractivity contribution in [2.24, 2.45) is 46.3 Å². The third kappa shape index (κ3) is 7.78. The number of cyclic esters (lactones) is 1. The highest BCUT2D eigenvalue weighted by molar-refractivity contribution is 6.01. The lowest BCUT2D eigenvalue weighted by Crippen LogP contribution is -2.69. The number of carbonyl (C=O) groups is 3. The first-order valence-corrected chi connectivity index (χ1v) is 21.8. The van der Waals surface area contributed by atoms with Crippen LogP contribution in [0, 0.1) is 46.3 Å². The molecule has 1 aliphatic heterocycles. The SMILES string of the molecule is CC[C@H]1OC(=O)[C@H](C)[C@@H](O)[C@H](C)[C@@H](O)[C@](C)(O)C[C@@H](C)CN(CCCOC(=O)[C@@]2(O)[C@H](C)CC3C4CCC5=CC(=O)C=C[C@]5(C)[C@@]4(F)[C@@H](O)C[C@@]32C)[C@H](C)[C@@H](O)[C@]1(C)O. The van der Waals surface area contributed by atoms with Crippen LogP contribution in [0.5, 0.6) is 0 Å². The number of fused-ring (bicyclic) bond motifs is 5. The lowest BCUT2D eigenvalue weighted by molar-refractivity contribution is -0.228. The normalized spacial score (nSPS) is 50.0. The smallest absolute Gasteiger partial charge is 0.338 e. The van der Waals surface area contributed by atoms with Crippen molar-refractivity contribution < 1.29 is 64.0 Å². The van der Waals surface area contributed by atoms with Gasteiger partial charge in [0.15, 0.2) is 17.1 Å². The summed E-state index contributed by atoms with van der Waals surface area (Å²) in [6.07, 6.45) is -1.12. The van der Waals surface area contributed by atoms with E-state index in [1.807, 2.05) is 11.8 Å². The number of hydrogen-bond acceptors (Lipinski definition) is 13. The zero-order chi connectivity index (χ0) is 44.4. The highest BCUT2D eigenvalue weighted by Gasteiger charge is 2.76. The maximum atomic E-state index is 17.6. The van der Waals surface area contributed by atoms with Gasteiger partial charge >= 0.3 is 11.9 Å². The average molecular weight is 838 g/mol. The molecule has 14 heteroatoms. The first-order chi connectivity index (χ1) is 27.2. The number of halogens is 1. The van der Waals surface area contributed by atoms with Crippen molar-refractivity contribution in [3.8, 4) is 0 Å². The fourth-order valence-corrected chi connectivity index (χ4v) is 12.4. The van der Waals surface area contributed by atoms with Crippen molar-refractivity contribution in [3.63, 3.8) is 0 Å². The largest absolute Gasteiger partial charge is 0.463 e. The Bertz CT molecular complexity index is 1650. The van der Waals surface area contributed by atoms with Crippen molar-refractivity contribution in [2.75, 3.05) is 19.7 Å². The summed E-state index contributed by atoms with van der Waals surface area (Å²) in [5.41, 5.74) is -9.54. The molecule has 7 N–H and O–H groups in total. The van der Waals surface area contributed by atoms with Gasteiger partial charge in [-0.2, -0.15) is 0 Å². The zero-order valence-electron chi connectivity index (χ0n) is 36.7. The average Bonchev–Trinajstić information content (AvgIpc) is 3.37. The topological polar surface area (TPSA) is 215 Å². The molecule has 4 fully saturated rings. The van der Waals surface area contributed by atoms with Crippen LogP contribution in [-0.2, 0) is 23.9 Å². The molecule has 4 aliphatic carbocycles. The number of rotatable bonds is 6. The van der Waals surface area contributed by atoms with E-state index in [1.165, 1.54) is 32.9 Å². The van der Waals surface area contributed by atoms with Gasteiger partial charge in [-0.05, 0) is 109 Å². The molecule has 0 aromatic carbocycles. The molecule has 0 spiro atoms. The van der Waals surface area contributed by atoms with Crippen LogP contribution in [0.15, 0.2) is 23.8 Å². The number of aliphatic hydroxyl groups is 7. The summed E-state index contributed by atoms with van der Waals surface area (Å²) in [6.45, 7) is 16.7. The second-order valence-corrected chi connectivity index (χ2v) is 20.1. The van der Waals surface area contributed by atoms with Gasteiger partial charge in [0.25, 0.3) is 0 Å². The van der Waals surface area contributed by atoms with Crippen LogP contribution in [0.4, 0.5) is 4.39 Å². The fourth-order valence-electron chi connectivity index (χ4n) is 12.4. The van der Waals surface area contributed by atoms with E-state index in [9.17, 15) is 50.1 Å². The Labute approximate surface area is 349 Å². The van der Waals surface area contributed by atoms with Crippen LogP contribution >= 0.6 is 0 Å². The predicted molar refractivity (Wildman–Crippen MR) is 216 cm³/mol. The maximum Gasteiger partial charge on any atom is 0.338 e. The Balaban J connectivity index is 1.34. The lowest BCUT2D eigenvalue weighted by atomic mass is 9.45. The molecule has 0 aromatic heterocycles. The van der Waals surface area contributed by atoms with Gasteiger partial charge in [-0.25, -0.2) is 9.18 Å². The highest BCUT2D eigenvalue weighted by Crippen LogP contribution is 2.70. The number of ether oxygens (including phenoxy) is 2. The molecule has 1 heterocycles. The minimum absolute atomic E-state index is 0.0785. The van der Waals surface area contributed by atoms with E-state index < -0.39 is 111 Å². The Morgan fingerprint density at radius 2 is 1.61 bits per heavy atom. The second-order valence-electron chi connectivity index (χ2n) is 20.1. The van der Waals surface area contributed by atoms with E-state index in [0.29, 0.717) is 24.8 Å². The van der Waals surface area contributed by atoms with Gasteiger partial charge < -0.3 is 45.2 Å². The highest BCUT2D eigenvalue weighted by atomic mass is 19.1. The van der Waals surface area contributed by atoms with Crippen molar-refractivity contribution in [1.29, 1.82) is 0 Å². The molecule has 5 rings (SSSR count). The summed E-state index contributed by atoms with van der Waals surface area (Å²) in [6, 6.07) is -0.758. The quantitative estimate of drug-likeness (QED) is 0.152. The Morgan fingerprint density at radius 3 is 2.24 bits per heavy atom. The van der Waals surface area contributed by atoms with Crippen LogP contribution in [0.1, 0.15) is 114 Å². The van der Waals surface area contributed by atoms with E-state index in [-0.39, 0.29) is 57.1 Å². The third-order valence-electron chi connectivity index (χ3n) is 16.1. The molecule has 336 valence electrons. The zero-order valence-corrected chi connectivity index (χ0v) is 36.7. The minimum Gasteiger partial charge on any atom is -0.463 e. The van der Waals surface area contributed by atoms with E-state index in [1.54, 1.807) is 47.6 Å². The number of hydrogen-bond donors (Lipinski definition) is 7. The number of aliphatic hydroxyl groups excluding tert-OH is 4. The van der Waals surface area contributed by atoms with Gasteiger partial charge in [-0.3, -0.25) is 14.5 Å². The van der Waals surface area contributed by atoms with Crippen LogP contribution < -0.4 is 0 Å². The van der Waals surface area contributed by atoms with Crippen LogP contribution in [-0.4, -0.2) is 137 Å². The van der Waals surface area contributed by atoms with E-state index in [0.717, 1.165) is 0 Å².